The van der Waals surface area contributed by atoms with Crippen molar-refractivity contribution in [2.24, 2.45) is 0 Å². The van der Waals surface area contributed by atoms with Crippen molar-refractivity contribution in [2.45, 2.75) is 40.5 Å². The van der Waals surface area contributed by atoms with Crippen LogP contribution < -0.4 is 10.2 Å². The second kappa shape index (κ2) is 8.48. The Hall–Kier alpha value is -2.36. The zero-order valence-corrected chi connectivity index (χ0v) is 15.1. The molecule has 0 aliphatic rings. The SMILES string of the molecule is CCCN(CCC)c1ccnc(C(=O)Nc2cc(C)cc(C)c2)c1. The van der Waals surface area contributed by atoms with Crippen LogP contribution in [0.2, 0.25) is 0 Å². The highest BCUT2D eigenvalue weighted by molar-refractivity contribution is 6.03. The van der Waals surface area contributed by atoms with Crippen LogP contribution in [-0.4, -0.2) is 24.0 Å². The standard InChI is InChI=1S/C20H27N3O/c1-5-9-23(10-6-2)18-7-8-21-19(14-18)20(24)22-17-12-15(3)11-16(4)13-17/h7-8,11-14H,5-6,9-10H2,1-4H3,(H,22,24). The highest BCUT2D eigenvalue weighted by atomic mass is 16.1. The molecular weight excluding hydrogens is 298 g/mol. The Bertz CT molecular complexity index is 671. The van der Waals surface area contributed by atoms with Gasteiger partial charge < -0.3 is 10.2 Å². The number of pyridine rings is 1. The number of carbonyl (C=O) groups excluding carboxylic acids is 1. The van der Waals surface area contributed by atoms with Gasteiger partial charge in [0.1, 0.15) is 5.69 Å². The quantitative estimate of drug-likeness (QED) is 0.810. The molecule has 0 unspecified atom stereocenters. The van der Waals surface area contributed by atoms with Crippen molar-refractivity contribution in [1.82, 2.24) is 4.98 Å². The van der Waals surface area contributed by atoms with Gasteiger partial charge in [0.05, 0.1) is 0 Å². The smallest absolute Gasteiger partial charge is 0.274 e. The van der Waals surface area contributed by atoms with E-state index < -0.39 is 0 Å². The summed E-state index contributed by atoms with van der Waals surface area (Å²) in [4.78, 5) is 19.1. The first-order valence-electron chi connectivity index (χ1n) is 8.64. The largest absolute Gasteiger partial charge is 0.371 e. The molecule has 0 spiro atoms. The van der Waals surface area contributed by atoms with E-state index >= 15 is 0 Å². The summed E-state index contributed by atoms with van der Waals surface area (Å²) in [5.41, 5.74) is 4.57. The van der Waals surface area contributed by atoms with Gasteiger partial charge in [-0.15, -0.1) is 0 Å². The number of aromatic nitrogens is 1. The van der Waals surface area contributed by atoms with Crippen LogP contribution in [0.15, 0.2) is 36.5 Å². The minimum absolute atomic E-state index is 0.171. The van der Waals surface area contributed by atoms with Crippen LogP contribution in [0.3, 0.4) is 0 Å². The molecule has 2 rings (SSSR count). The normalized spacial score (nSPS) is 10.5. The van der Waals surface area contributed by atoms with Gasteiger partial charge >= 0.3 is 0 Å². The Balaban J connectivity index is 2.18. The summed E-state index contributed by atoms with van der Waals surface area (Å²) in [7, 11) is 0. The summed E-state index contributed by atoms with van der Waals surface area (Å²) in [6.45, 7) is 10.3. The van der Waals surface area contributed by atoms with Gasteiger partial charge in [-0.3, -0.25) is 9.78 Å². The molecule has 0 radical (unpaired) electrons. The first kappa shape index (κ1) is 18.0. The van der Waals surface area contributed by atoms with Crippen LogP contribution in [0.5, 0.6) is 0 Å². The summed E-state index contributed by atoms with van der Waals surface area (Å²) in [5.74, 6) is -0.171. The molecule has 1 N–H and O–H groups in total. The van der Waals surface area contributed by atoms with Gasteiger partial charge in [-0.2, -0.15) is 0 Å². The Kier molecular flexibility index (Phi) is 6.36. The molecule has 0 bridgehead atoms. The topological polar surface area (TPSA) is 45.2 Å². The third-order valence-corrected chi connectivity index (χ3v) is 3.81. The Morgan fingerprint density at radius 1 is 1.04 bits per heavy atom. The molecule has 1 aromatic carbocycles. The van der Waals surface area contributed by atoms with Crippen molar-refractivity contribution < 1.29 is 4.79 Å². The first-order chi connectivity index (χ1) is 11.5. The van der Waals surface area contributed by atoms with E-state index in [1.165, 1.54) is 0 Å². The predicted octanol–water partition coefficient (Wildman–Crippen LogP) is 4.58. The summed E-state index contributed by atoms with van der Waals surface area (Å²) in [5, 5.41) is 2.95. The number of carbonyl (C=O) groups is 1. The lowest BCUT2D eigenvalue weighted by molar-refractivity contribution is 0.102. The van der Waals surface area contributed by atoms with Crippen LogP contribution in [0.25, 0.3) is 0 Å². The molecule has 4 nitrogen and oxygen atoms in total. The van der Waals surface area contributed by atoms with Gasteiger partial charge in [-0.1, -0.05) is 19.9 Å². The molecule has 0 saturated heterocycles. The van der Waals surface area contributed by atoms with Crippen LogP contribution in [0, 0.1) is 13.8 Å². The van der Waals surface area contributed by atoms with Crippen molar-refractivity contribution in [3.63, 3.8) is 0 Å². The minimum atomic E-state index is -0.171. The second-order valence-corrected chi connectivity index (χ2v) is 6.22. The van der Waals surface area contributed by atoms with Crippen molar-refractivity contribution in [3.05, 3.63) is 53.3 Å². The number of nitrogens with zero attached hydrogens (tertiary/aromatic N) is 2. The van der Waals surface area contributed by atoms with Crippen LogP contribution in [0.4, 0.5) is 11.4 Å². The van der Waals surface area contributed by atoms with E-state index in [-0.39, 0.29) is 5.91 Å². The number of nitrogens with one attached hydrogen (secondary N) is 1. The number of aryl methyl sites for hydroxylation is 2. The predicted molar refractivity (Wildman–Crippen MR) is 101 cm³/mol. The van der Waals surface area contributed by atoms with E-state index in [1.54, 1.807) is 6.20 Å². The molecule has 128 valence electrons. The van der Waals surface area contributed by atoms with E-state index in [4.69, 9.17) is 0 Å². The number of benzene rings is 1. The maximum atomic E-state index is 12.5. The average molecular weight is 325 g/mol. The zero-order valence-electron chi connectivity index (χ0n) is 15.1. The van der Waals surface area contributed by atoms with Crippen LogP contribution >= 0.6 is 0 Å². The number of rotatable bonds is 7. The van der Waals surface area contributed by atoms with E-state index in [9.17, 15) is 4.79 Å². The fourth-order valence-electron chi connectivity index (χ4n) is 2.89. The lowest BCUT2D eigenvalue weighted by Gasteiger charge is -2.23. The van der Waals surface area contributed by atoms with Gasteiger partial charge in [0.15, 0.2) is 0 Å². The number of hydrogen-bond donors (Lipinski definition) is 1. The van der Waals surface area contributed by atoms with Gasteiger partial charge in [0, 0.05) is 30.7 Å². The monoisotopic (exact) mass is 325 g/mol. The number of hydrogen-bond acceptors (Lipinski definition) is 3. The zero-order chi connectivity index (χ0) is 17.5. The van der Waals surface area contributed by atoms with E-state index in [0.29, 0.717) is 5.69 Å². The van der Waals surface area contributed by atoms with Crippen LogP contribution in [0.1, 0.15) is 48.3 Å². The van der Waals surface area contributed by atoms with Crippen LogP contribution in [-0.2, 0) is 0 Å². The fraction of sp³-hybridized carbons (Fsp3) is 0.400. The molecule has 0 atom stereocenters. The highest BCUT2D eigenvalue weighted by Gasteiger charge is 2.12. The molecule has 24 heavy (non-hydrogen) atoms. The molecule has 0 aliphatic heterocycles. The summed E-state index contributed by atoms with van der Waals surface area (Å²) < 4.78 is 0. The number of amides is 1. The summed E-state index contributed by atoms with van der Waals surface area (Å²) in [6, 6.07) is 9.87. The molecule has 2 aromatic rings. The molecular formula is C20H27N3O. The van der Waals surface area contributed by atoms with E-state index in [2.05, 4.69) is 35.1 Å². The van der Waals surface area contributed by atoms with Crippen molar-refractivity contribution in [2.75, 3.05) is 23.3 Å². The maximum absolute atomic E-state index is 12.5. The van der Waals surface area contributed by atoms with Gasteiger partial charge in [0.25, 0.3) is 5.91 Å². The minimum Gasteiger partial charge on any atom is -0.371 e. The fourth-order valence-corrected chi connectivity index (χ4v) is 2.89. The molecule has 1 aromatic heterocycles. The first-order valence-corrected chi connectivity index (χ1v) is 8.64. The third-order valence-electron chi connectivity index (χ3n) is 3.81. The van der Waals surface area contributed by atoms with Gasteiger partial charge in [-0.25, -0.2) is 0 Å². The molecule has 0 fully saturated rings. The molecule has 0 aliphatic carbocycles. The molecule has 0 saturated carbocycles. The maximum Gasteiger partial charge on any atom is 0.274 e. The van der Waals surface area contributed by atoms with Gasteiger partial charge in [0.2, 0.25) is 0 Å². The lowest BCUT2D eigenvalue weighted by atomic mass is 10.1. The molecule has 1 heterocycles. The number of anilines is 2. The average Bonchev–Trinajstić information content (AvgIpc) is 2.54. The third kappa shape index (κ3) is 4.82. The highest BCUT2D eigenvalue weighted by Crippen LogP contribution is 2.18. The van der Waals surface area contributed by atoms with Crippen molar-refractivity contribution in [1.29, 1.82) is 0 Å². The second-order valence-electron chi connectivity index (χ2n) is 6.22. The Labute approximate surface area is 144 Å². The Morgan fingerprint density at radius 2 is 1.67 bits per heavy atom. The van der Waals surface area contributed by atoms with E-state index in [0.717, 1.165) is 48.4 Å². The van der Waals surface area contributed by atoms with E-state index in [1.807, 2.05) is 38.1 Å². The molecule has 4 heteroatoms. The van der Waals surface area contributed by atoms with Crippen molar-refractivity contribution in [3.8, 4) is 0 Å². The van der Waals surface area contributed by atoms with Crippen molar-refractivity contribution >= 4 is 17.3 Å². The lowest BCUT2D eigenvalue weighted by Crippen LogP contribution is -2.25. The summed E-state index contributed by atoms with van der Waals surface area (Å²) in [6.07, 6.45) is 3.86. The summed E-state index contributed by atoms with van der Waals surface area (Å²) >= 11 is 0. The molecule has 1 amide bonds. The Morgan fingerprint density at radius 3 is 2.25 bits per heavy atom. The van der Waals surface area contributed by atoms with Gasteiger partial charge in [-0.05, 0) is 62.1 Å².